The van der Waals surface area contributed by atoms with Crippen LogP contribution in [0.3, 0.4) is 0 Å². The van der Waals surface area contributed by atoms with Gasteiger partial charge in [-0.05, 0) is 37.7 Å². The summed E-state index contributed by atoms with van der Waals surface area (Å²) >= 11 is 0. The zero-order valence-corrected chi connectivity index (χ0v) is 13.6. The van der Waals surface area contributed by atoms with Crippen LogP contribution in [0.2, 0.25) is 0 Å². The smallest absolute Gasteiger partial charge is 0.244 e. The predicted molar refractivity (Wildman–Crippen MR) is 80.8 cm³/mol. The maximum atomic E-state index is 12.3. The summed E-state index contributed by atoms with van der Waals surface area (Å²) < 4.78 is 32.3. The zero-order valence-electron chi connectivity index (χ0n) is 12.8. The van der Waals surface area contributed by atoms with Crippen LogP contribution in [-0.4, -0.2) is 47.6 Å². The molecule has 1 aromatic rings. The molecule has 114 valence electrons. The fraction of sp³-hybridized carbons (Fsp3) is 0.571. The Kier molecular flexibility index (Phi) is 5.98. The maximum Gasteiger partial charge on any atom is 0.244 e. The van der Waals surface area contributed by atoms with Crippen molar-refractivity contribution in [2.24, 2.45) is 0 Å². The summed E-state index contributed by atoms with van der Waals surface area (Å²) in [6.45, 7) is 5.12. The number of nitrogens with zero attached hydrogens (tertiary/aromatic N) is 1. The molecule has 1 aromatic carbocycles. The van der Waals surface area contributed by atoms with Crippen molar-refractivity contribution in [3.05, 3.63) is 23.8 Å². The van der Waals surface area contributed by atoms with Gasteiger partial charge in [-0.1, -0.05) is 19.9 Å². The number of likely N-dealkylation sites (N-methyl/N-ethyl adjacent to an activating group) is 1. The number of hydrogen-bond acceptors (Lipinski definition) is 4. The molecule has 0 aromatic heterocycles. The average molecular weight is 300 g/mol. The number of rotatable bonds is 7. The van der Waals surface area contributed by atoms with Crippen molar-refractivity contribution in [1.82, 2.24) is 9.62 Å². The van der Waals surface area contributed by atoms with Gasteiger partial charge in [0, 0.05) is 13.1 Å². The third-order valence-corrected chi connectivity index (χ3v) is 4.50. The number of hydrogen-bond donors (Lipinski definition) is 1. The predicted octanol–water partition coefficient (Wildman–Crippen LogP) is 1.66. The molecule has 5 nitrogen and oxygen atoms in total. The van der Waals surface area contributed by atoms with Crippen LogP contribution in [-0.2, 0) is 10.0 Å². The standard InChI is InChI=1S/C14H24N2O3S/c1-11(2)12-6-7-14(13(10-12)19-5)20(17,18)15-8-9-16(3)4/h6-7,10-11,15H,8-9H2,1-5H3. The Hall–Kier alpha value is -1.11. The zero-order chi connectivity index (χ0) is 15.3. The fourth-order valence-corrected chi connectivity index (χ4v) is 2.92. The van der Waals surface area contributed by atoms with Crippen LogP contribution in [0.1, 0.15) is 25.3 Å². The van der Waals surface area contributed by atoms with Crippen LogP contribution < -0.4 is 9.46 Å². The molecule has 0 radical (unpaired) electrons. The maximum absolute atomic E-state index is 12.3. The lowest BCUT2D eigenvalue weighted by atomic mass is 10.0. The largest absolute Gasteiger partial charge is 0.495 e. The minimum atomic E-state index is -3.54. The van der Waals surface area contributed by atoms with Gasteiger partial charge in [0.25, 0.3) is 0 Å². The van der Waals surface area contributed by atoms with Crippen molar-refractivity contribution < 1.29 is 13.2 Å². The second kappa shape index (κ2) is 7.06. The molecule has 0 aliphatic heterocycles. The van der Waals surface area contributed by atoms with Gasteiger partial charge in [0.1, 0.15) is 10.6 Å². The van der Waals surface area contributed by atoms with E-state index in [2.05, 4.69) is 18.6 Å². The summed E-state index contributed by atoms with van der Waals surface area (Å²) in [5, 5.41) is 0. The molecule has 0 fully saturated rings. The molecular weight excluding hydrogens is 276 g/mol. The summed E-state index contributed by atoms with van der Waals surface area (Å²) in [4.78, 5) is 2.10. The van der Waals surface area contributed by atoms with E-state index >= 15 is 0 Å². The van der Waals surface area contributed by atoms with E-state index in [4.69, 9.17) is 4.74 Å². The Labute approximate surface area is 122 Å². The molecule has 0 aliphatic rings. The van der Waals surface area contributed by atoms with Crippen molar-refractivity contribution in [3.63, 3.8) is 0 Å². The summed E-state index contributed by atoms with van der Waals surface area (Å²) in [5.41, 5.74) is 1.05. The molecule has 1 rings (SSSR count). The van der Waals surface area contributed by atoms with Crippen molar-refractivity contribution in [3.8, 4) is 5.75 Å². The molecule has 20 heavy (non-hydrogen) atoms. The van der Waals surface area contributed by atoms with E-state index in [0.717, 1.165) is 5.56 Å². The Morgan fingerprint density at radius 3 is 2.45 bits per heavy atom. The molecule has 6 heteroatoms. The van der Waals surface area contributed by atoms with Crippen molar-refractivity contribution >= 4 is 10.0 Å². The van der Waals surface area contributed by atoms with Gasteiger partial charge in [0.2, 0.25) is 10.0 Å². The quantitative estimate of drug-likeness (QED) is 0.832. The molecule has 0 saturated carbocycles. The van der Waals surface area contributed by atoms with Gasteiger partial charge >= 0.3 is 0 Å². The minimum absolute atomic E-state index is 0.183. The van der Waals surface area contributed by atoms with Crippen molar-refractivity contribution in [1.29, 1.82) is 0 Å². The molecule has 0 saturated heterocycles. The average Bonchev–Trinajstić information content (AvgIpc) is 2.37. The molecular formula is C14H24N2O3S. The molecule has 0 bridgehead atoms. The lowest BCUT2D eigenvalue weighted by molar-refractivity contribution is 0.399. The topological polar surface area (TPSA) is 58.6 Å². The van der Waals surface area contributed by atoms with Gasteiger partial charge < -0.3 is 9.64 Å². The third kappa shape index (κ3) is 4.47. The Morgan fingerprint density at radius 1 is 1.30 bits per heavy atom. The molecule has 0 heterocycles. The number of benzene rings is 1. The lowest BCUT2D eigenvalue weighted by Crippen LogP contribution is -2.31. The number of methoxy groups -OCH3 is 1. The summed E-state index contributed by atoms with van der Waals surface area (Å²) in [6.07, 6.45) is 0. The second-order valence-electron chi connectivity index (χ2n) is 5.27. The lowest BCUT2D eigenvalue weighted by Gasteiger charge is -2.15. The molecule has 0 amide bonds. The van der Waals surface area contributed by atoms with Crippen LogP contribution >= 0.6 is 0 Å². The van der Waals surface area contributed by atoms with E-state index in [9.17, 15) is 8.42 Å². The summed E-state index contributed by atoms with van der Waals surface area (Å²) in [5.74, 6) is 0.705. The summed E-state index contributed by atoms with van der Waals surface area (Å²) in [7, 11) is 1.73. The van der Waals surface area contributed by atoms with Gasteiger partial charge in [0.15, 0.2) is 0 Å². The SMILES string of the molecule is COc1cc(C(C)C)ccc1S(=O)(=O)NCCN(C)C. The second-order valence-corrected chi connectivity index (χ2v) is 7.00. The molecule has 0 atom stereocenters. The van der Waals surface area contributed by atoms with Crippen LogP contribution in [0, 0.1) is 0 Å². The van der Waals surface area contributed by atoms with Crippen LogP contribution in [0.4, 0.5) is 0 Å². The van der Waals surface area contributed by atoms with E-state index in [1.807, 2.05) is 25.1 Å². The Bertz CT molecular complexity index is 539. The van der Waals surface area contributed by atoms with E-state index in [-0.39, 0.29) is 4.90 Å². The minimum Gasteiger partial charge on any atom is -0.495 e. The van der Waals surface area contributed by atoms with E-state index < -0.39 is 10.0 Å². The summed E-state index contributed by atoms with van der Waals surface area (Å²) in [6, 6.07) is 5.21. The fourth-order valence-electron chi connectivity index (χ4n) is 1.75. The molecule has 1 N–H and O–H groups in total. The highest BCUT2D eigenvalue weighted by Gasteiger charge is 2.19. The Morgan fingerprint density at radius 2 is 1.95 bits per heavy atom. The van der Waals surface area contributed by atoms with Crippen LogP contribution in [0.5, 0.6) is 5.75 Å². The highest BCUT2D eigenvalue weighted by Crippen LogP contribution is 2.27. The first-order chi connectivity index (χ1) is 9.27. The first kappa shape index (κ1) is 16.9. The molecule has 0 unspecified atom stereocenters. The third-order valence-electron chi connectivity index (χ3n) is 2.99. The van der Waals surface area contributed by atoms with E-state index in [1.54, 1.807) is 12.1 Å². The van der Waals surface area contributed by atoms with Gasteiger partial charge in [0.05, 0.1) is 7.11 Å². The normalized spacial score (nSPS) is 12.2. The van der Waals surface area contributed by atoms with Crippen molar-refractivity contribution in [2.75, 3.05) is 34.3 Å². The first-order valence-electron chi connectivity index (χ1n) is 6.60. The van der Waals surface area contributed by atoms with Gasteiger partial charge in [-0.25, -0.2) is 13.1 Å². The van der Waals surface area contributed by atoms with Gasteiger partial charge in [-0.15, -0.1) is 0 Å². The first-order valence-corrected chi connectivity index (χ1v) is 8.08. The van der Waals surface area contributed by atoms with Gasteiger partial charge in [-0.2, -0.15) is 0 Å². The molecule has 0 aliphatic carbocycles. The van der Waals surface area contributed by atoms with Crippen LogP contribution in [0.15, 0.2) is 23.1 Å². The number of ether oxygens (including phenoxy) is 1. The number of nitrogens with one attached hydrogen (secondary N) is 1. The van der Waals surface area contributed by atoms with Crippen LogP contribution in [0.25, 0.3) is 0 Å². The highest BCUT2D eigenvalue weighted by atomic mass is 32.2. The van der Waals surface area contributed by atoms with Crippen molar-refractivity contribution in [2.45, 2.75) is 24.7 Å². The highest BCUT2D eigenvalue weighted by molar-refractivity contribution is 7.89. The van der Waals surface area contributed by atoms with Gasteiger partial charge in [-0.3, -0.25) is 0 Å². The monoisotopic (exact) mass is 300 g/mol. The van der Waals surface area contributed by atoms with E-state index in [1.165, 1.54) is 7.11 Å². The number of sulfonamides is 1. The Balaban J connectivity index is 2.99. The molecule has 0 spiro atoms. The van der Waals surface area contributed by atoms with E-state index in [0.29, 0.717) is 24.8 Å².